The fourth-order valence-electron chi connectivity index (χ4n) is 0.843. The monoisotopic (exact) mass is 227 g/mol. The van der Waals surface area contributed by atoms with Crippen LogP contribution in [0.2, 0.25) is 0 Å². The maximum absolute atomic E-state index is 10.6. The van der Waals surface area contributed by atoms with Crippen LogP contribution in [0, 0.1) is 0 Å². The van der Waals surface area contributed by atoms with E-state index in [2.05, 4.69) is 0 Å². The highest BCUT2D eigenvalue weighted by atomic mass is 31.1. The van der Waals surface area contributed by atoms with Crippen LogP contribution in [0.5, 0.6) is 0 Å². The largest absolute Gasteiger partial charge is 0.591 e. The minimum Gasteiger partial charge on any atom is -0.591 e. The highest BCUT2D eigenvalue weighted by Crippen LogP contribution is 2.11. The van der Waals surface area contributed by atoms with E-state index in [-0.39, 0.29) is 18.1 Å². The molecule has 0 aliphatic carbocycles. The Labute approximate surface area is 79.5 Å². The summed E-state index contributed by atoms with van der Waals surface area (Å²) >= 11 is 0. The van der Waals surface area contributed by atoms with Crippen molar-refractivity contribution in [3.05, 3.63) is 0 Å². The summed E-state index contributed by atoms with van der Waals surface area (Å²) in [5.41, 5.74) is -0.330. The van der Waals surface area contributed by atoms with Crippen molar-refractivity contribution in [3.63, 3.8) is 0 Å². The molecule has 0 aromatic rings. The van der Waals surface area contributed by atoms with Crippen molar-refractivity contribution in [3.8, 4) is 0 Å². The van der Waals surface area contributed by atoms with Gasteiger partial charge in [0.2, 0.25) is 0 Å². The molecule has 0 radical (unpaired) electrons. The first-order chi connectivity index (χ1) is 5.73. The second kappa shape index (κ2) is 5.08. The molecule has 0 rings (SSSR count). The van der Waals surface area contributed by atoms with Gasteiger partial charge in [-0.25, -0.2) is 4.90 Å². The number of hydrogen-bond donors (Lipinski definition) is 2. The van der Waals surface area contributed by atoms with E-state index in [4.69, 9.17) is 4.89 Å². The lowest BCUT2D eigenvalue weighted by molar-refractivity contribution is -0.925. The molecular weight excluding hydrogens is 212 g/mol. The summed E-state index contributed by atoms with van der Waals surface area (Å²) in [6.45, 7) is 5.50. The maximum Gasteiger partial charge on any atom is 0.566 e. The quantitative estimate of drug-likeness (QED) is 0.629. The first-order valence-electron chi connectivity index (χ1n) is 3.84. The van der Waals surface area contributed by atoms with Gasteiger partial charge in [0.1, 0.15) is 0 Å². The highest BCUT2D eigenvalue weighted by molar-refractivity contribution is 7.38. The molecule has 0 saturated heterocycles. The standard InChI is InChI=1S/C6H13NO4P2/c1-6(2,3)7(4-12(8)9)5-13(10)11/h4-5H2,1-3H3/p+2. The van der Waals surface area contributed by atoms with Crippen molar-refractivity contribution >= 4 is 16.1 Å². The molecule has 0 aliphatic rings. The van der Waals surface area contributed by atoms with Crippen LogP contribution >= 0.6 is 16.1 Å². The van der Waals surface area contributed by atoms with E-state index < -0.39 is 16.1 Å². The van der Waals surface area contributed by atoms with Crippen molar-refractivity contribution in [2.75, 3.05) is 12.6 Å². The van der Waals surface area contributed by atoms with Crippen molar-refractivity contribution in [1.29, 1.82) is 0 Å². The molecule has 0 bridgehead atoms. The average molecular weight is 227 g/mol. The van der Waals surface area contributed by atoms with E-state index >= 15 is 0 Å². The maximum atomic E-state index is 10.6. The number of hydrogen-bond acceptors (Lipinski definition) is 3. The van der Waals surface area contributed by atoms with Gasteiger partial charge in [0.25, 0.3) is 6.29 Å². The van der Waals surface area contributed by atoms with E-state index in [0.717, 1.165) is 0 Å². The van der Waals surface area contributed by atoms with E-state index in [1.165, 1.54) is 0 Å². The summed E-state index contributed by atoms with van der Waals surface area (Å²) in [5.74, 6) is 0. The lowest BCUT2D eigenvalue weighted by Crippen LogP contribution is -3.18. The first kappa shape index (κ1) is 13.1. The third kappa shape index (κ3) is 6.19. The van der Waals surface area contributed by atoms with E-state index in [0.29, 0.717) is 4.90 Å². The molecule has 0 saturated carbocycles. The molecule has 0 amide bonds. The molecule has 13 heavy (non-hydrogen) atoms. The lowest BCUT2D eigenvalue weighted by atomic mass is 10.1. The molecule has 0 fully saturated rings. The molecule has 7 heteroatoms. The number of rotatable bonds is 4. The molecule has 0 aromatic heterocycles. The van der Waals surface area contributed by atoms with Crippen LogP contribution in [0.4, 0.5) is 0 Å². The first-order valence-corrected chi connectivity index (χ1v) is 6.60. The predicted molar refractivity (Wildman–Crippen MR) is 47.9 cm³/mol. The second-order valence-electron chi connectivity index (χ2n) is 3.85. The molecule has 0 aromatic carbocycles. The van der Waals surface area contributed by atoms with Gasteiger partial charge >= 0.3 is 22.3 Å². The van der Waals surface area contributed by atoms with Gasteiger partial charge in [-0.15, -0.1) is 0 Å². The normalized spacial score (nSPS) is 16.7. The molecule has 3 atom stereocenters. The Balaban J connectivity index is 4.37. The summed E-state index contributed by atoms with van der Waals surface area (Å²) < 4.78 is 21.0. The van der Waals surface area contributed by atoms with Gasteiger partial charge in [0, 0.05) is 0 Å². The summed E-state index contributed by atoms with van der Waals surface area (Å²) in [6, 6.07) is 0. The second-order valence-corrected chi connectivity index (χ2v) is 5.86. The Morgan fingerprint density at radius 1 is 1.31 bits per heavy atom. The SMILES string of the molecule is CC(C)(C)[NH+](C[P+](=O)[O-])C[P+](=O)O. The Bertz CT molecular complexity index is 197. The molecule has 76 valence electrons. The molecule has 0 heterocycles. The van der Waals surface area contributed by atoms with Crippen LogP contribution in [0.3, 0.4) is 0 Å². The zero-order chi connectivity index (χ0) is 10.6. The summed E-state index contributed by atoms with van der Waals surface area (Å²) in [4.78, 5) is 19.8. The van der Waals surface area contributed by atoms with Crippen LogP contribution in [-0.4, -0.2) is 23.0 Å². The summed E-state index contributed by atoms with van der Waals surface area (Å²) in [5, 5.41) is 0. The van der Waals surface area contributed by atoms with E-state index in [1.807, 2.05) is 20.8 Å². The van der Waals surface area contributed by atoms with Crippen molar-refractivity contribution in [2.24, 2.45) is 0 Å². The summed E-state index contributed by atoms with van der Waals surface area (Å²) in [7, 11) is -4.80. The zero-order valence-electron chi connectivity index (χ0n) is 7.98. The smallest absolute Gasteiger partial charge is 0.566 e. The highest BCUT2D eigenvalue weighted by Gasteiger charge is 2.35. The minimum absolute atomic E-state index is 0.0256. The zero-order valence-corrected chi connectivity index (χ0v) is 9.77. The Morgan fingerprint density at radius 2 is 1.77 bits per heavy atom. The van der Waals surface area contributed by atoms with E-state index in [1.54, 1.807) is 0 Å². The van der Waals surface area contributed by atoms with Crippen LogP contribution in [-0.2, 0) is 9.13 Å². The van der Waals surface area contributed by atoms with Crippen LogP contribution in [0.25, 0.3) is 0 Å². The Hall–Kier alpha value is 0.0800. The fraction of sp³-hybridized carbons (Fsp3) is 1.00. The molecule has 3 unspecified atom stereocenters. The van der Waals surface area contributed by atoms with Crippen LogP contribution in [0.1, 0.15) is 20.8 Å². The third-order valence-corrected chi connectivity index (χ3v) is 3.00. The molecule has 0 aliphatic heterocycles. The van der Waals surface area contributed by atoms with Crippen molar-refractivity contribution in [1.82, 2.24) is 0 Å². The van der Waals surface area contributed by atoms with Gasteiger partial charge < -0.3 is 4.89 Å². The number of nitrogens with one attached hydrogen (secondary N) is 1. The predicted octanol–water partition coefficient (Wildman–Crippen LogP) is -0.578. The molecule has 0 spiro atoms. The fourth-order valence-corrected chi connectivity index (χ4v) is 2.83. The summed E-state index contributed by atoms with van der Waals surface area (Å²) in [6.07, 6.45) is -0.122. The average Bonchev–Trinajstić information content (AvgIpc) is 1.81. The number of quaternary nitrogens is 1. The van der Waals surface area contributed by atoms with Gasteiger partial charge in [-0.1, -0.05) is 4.57 Å². The Morgan fingerprint density at radius 3 is 2.00 bits per heavy atom. The van der Waals surface area contributed by atoms with Gasteiger partial charge in [-0.05, 0) is 25.3 Å². The lowest BCUT2D eigenvalue weighted by Gasteiger charge is -2.24. The van der Waals surface area contributed by atoms with E-state index in [9.17, 15) is 14.0 Å². The van der Waals surface area contributed by atoms with Crippen molar-refractivity contribution in [2.45, 2.75) is 26.3 Å². The molecule has 2 N–H and O–H groups in total. The molecule has 5 nitrogen and oxygen atoms in total. The van der Waals surface area contributed by atoms with Gasteiger partial charge in [-0.2, -0.15) is 4.89 Å². The minimum atomic E-state index is -2.51. The third-order valence-electron chi connectivity index (χ3n) is 1.71. The molecular formula is C6H15NO4P2+2. The van der Waals surface area contributed by atoms with Gasteiger partial charge in [0.15, 0.2) is 0 Å². The Kier molecular flexibility index (Phi) is 5.11. The van der Waals surface area contributed by atoms with Gasteiger partial charge in [0.05, 0.1) is 5.54 Å². The van der Waals surface area contributed by atoms with Crippen LogP contribution < -0.4 is 9.79 Å². The topological polar surface area (TPSA) is 81.9 Å². The van der Waals surface area contributed by atoms with Crippen LogP contribution in [0.15, 0.2) is 0 Å². The van der Waals surface area contributed by atoms with Gasteiger partial charge in [-0.3, -0.25) is 0 Å². The van der Waals surface area contributed by atoms with Crippen molar-refractivity contribution < 1.29 is 23.8 Å².